The van der Waals surface area contributed by atoms with Gasteiger partial charge in [-0.25, -0.2) is 5.01 Å². The number of hydrazine groups is 1. The molecular formula is C21H21BrN2O4. The molecule has 6 nitrogen and oxygen atoms in total. The van der Waals surface area contributed by atoms with E-state index in [4.69, 9.17) is 9.47 Å². The maximum atomic E-state index is 12.7. The molecule has 7 heteroatoms. The van der Waals surface area contributed by atoms with Crippen molar-refractivity contribution in [2.75, 3.05) is 12.1 Å². The number of amides is 2. The van der Waals surface area contributed by atoms with Crippen molar-refractivity contribution in [1.29, 1.82) is 0 Å². The van der Waals surface area contributed by atoms with Crippen LogP contribution in [-0.4, -0.2) is 24.5 Å². The summed E-state index contributed by atoms with van der Waals surface area (Å²) in [5.41, 5.74) is 3.45. The van der Waals surface area contributed by atoms with Crippen LogP contribution in [0.4, 0.5) is 5.69 Å². The van der Waals surface area contributed by atoms with Crippen LogP contribution in [-0.2, 0) is 9.59 Å². The molecule has 146 valence electrons. The fraction of sp³-hybridized carbons (Fsp3) is 0.238. The first-order valence-corrected chi connectivity index (χ1v) is 9.47. The number of halogens is 1. The van der Waals surface area contributed by atoms with E-state index in [1.807, 2.05) is 26.8 Å². The van der Waals surface area contributed by atoms with Gasteiger partial charge in [0.25, 0.3) is 11.8 Å². The highest BCUT2D eigenvalue weighted by molar-refractivity contribution is 9.10. The van der Waals surface area contributed by atoms with Gasteiger partial charge in [-0.3, -0.25) is 15.0 Å². The number of ether oxygens (including phenoxy) is 2. The van der Waals surface area contributed by atoms with E-state index in [2.05, 4.69) is 21.4 Å². The molecule has 0 aromatic heterocycles. The zero-order valence-electron chi connectivity index (χ0n) is 16.1. The molecule has 1 saturated heterocycles. The van der Waals surface area contributed by atoms with Gasteiger partial charge in [-0.2, -0.15) is 0 Å². The lowest BCUT2D eigenvalue weighted by molar-refractivity contribution is -0.117. The Morgan fingerprint density at radius 1 is 1.07 bits per heavy atom. The second-order valence-electron chi connectivity index (χ2n) is 7.21. The normalized spacial score (nSPS) is 15.8. The number of para-hydroxylation sites is 1. The van der Waals surface area contributed by atoms with Gasteiger partial charge in [0.15, 0.2) is 11.5 Å². The van der Waals surface area contributed by atoms with E-state index < -0.39 is 17.4 Å². The van der Waals surface area contributed by atoms with Crippen LogP contribution >= 0.6 is 15.9 Å². The Morgan fingerprint density at radius 3 is 2.36 bits per heavy atom. The number of anilines is 1. The van der Waals surface area contributed by atoms with E-state index >= 15 is 0 Å². The number of hydrogen-bond donors (Lipinski definition) is 1. The Labute approximate surface area is 172 Å². The van der Waals surface area contributed by atoms with Gasteiger partial charge in [-0.05, 0) is 56.7 Å². The van der Waals surface area contributed by atoms with Crippen molar-refractivity contribution in [3.05, 3.63) is 58.1 Å². The summed E-state index contributed by atoms with van der Waals surface area (Å²) in [5, 5.41) is 1.23. The number of methoxy groups -OCH3 is 1. The molecule has 1 aliphatic rings. The quantitative estimate of drug-likeness (QED) is 0.569. The number of benzene rings is 2. The fourth-order valence-electron chi connectivity index (χ4n) is 2.70. The van der Waals surface area contributed by atoms with Crippen molar-refractivity contribution < 1.29 is 19.1 Å². The molecule has 0 aliphatic carbocycles. The predicted octanol–water partition coefficient (Wildman–Crippen LogP) is 4.10. The minimum atomic E-state index is -0.463. The van der Waals surface area contributed by atoms with Gasteiger partial charge in [-0.15, -0.1) is 0 Å². The molecule has 1 aliphatic heterocycles. The molecule has 0 spiro atoms. The first kappa shape index (κ1) is 19.9. The zero-order chi connectivity index (χ0) is 20.5. The zero-order valence-corrected chi connectivity index (χ0v) is 17.7. The maximum absolute atomic E-state index is 12.7. The molecule has 3 rings (SSSR count). The van der Waals surface area contributed by atoms with Gasteiger partial charge in [-0.1, -0.05) is 34.1 Å². The van der Waals surface area contributed by atoms with E-state index in [0.717, 1.165) is 0 Å². The first-order valence-electron chi connectivity index (χ1n) is 8.68. The van der Waals surface area contributed by atoms with Crippen molar-refractivity contribution in [2.24, 2.45) is 0 Å². The fourth-order valence-corrected chi connectivity index (χ4v) is 3.14. The predicted molar refractivity (Wildman–Crippen MR) is 111 cm³/mol. The highest BCUT2D eigenvalue weighted by atomic mass is 79.9. The number of carbonyl (C=O) groups excluding carboxylic acids is 2. The lowest BCUT2D eigenvalue weighted by atomic mass is 10.1. The average Bonchev–Trinajstić information content (AvgIpc) is 2.91. The minimum absolute atomic E-state index is 0.0381. The molecule has 0 saturated carbocycles. The number of rotatable bonds is 4. The van der Waals surface area contributed by atoms with Crippen LogP contribution in [0.25, 0.3) is 6.08 Å². The van der Waals surface area contributed by atoms with Crippen LogP contribution in [0.5, 0.6) is 11.5 Å². The molecule has 2 aromatic rings. The topological polar surface area (TPSA) is 67.9 Å². The molecule has 28 heavy (non-hydrogen) atoms. The summed E-state index contributed by atoms with van der Waals surface area (Å²) < 4.78 is 12.0. The molecule has 0 bridgehead atoms. The van der Waals surface area contributed by atoms with Crippen molar-refractivity contribution in [1.82, 2.24) is 5.43 Å². The van der Waals surface area contributed by atoms with E-state index in [-0.39, 0.29) is 5.57 Å². The average molecular weight is 445 g/mol. The van der Waals surface area contributed by atoms with Crippen molar-refractivity contribution >= 4 is 39.5 Å². The number of nitrogens with one attached hydrogen (secondary N) is 1. The lowest BCUT2D eigenvalue weighted by Gasteiger charge is -2.23. The third kappa shape index (κ3) is 4.20. The van der Waals surface area contributed by atoms with Crippen LogP contribution in [0.1, 0.15) is 26.3 Å². The molecule has 0 unspecified atom stereocenters. The van der Waals surface area contributed by atoms with E-state index in [1.165, 1.54) is 11.1 Å². The summed E-state index contributed by atoms with van der Waals surface area (Å²) in [4.78, 5) is 25.1. The van der Waals surface area contributed by atoms with Crippen LogP contribution in [0.15, 0.2) is 52.5 Å². The first-order chi connectivity index (χ1) is 13.2. The Balaban J connectivity index is 1.97. The Hall–Kier alpha value is -2.80. The van der Waals surface area contributed by atoms with Gasteiger partial charge < -0.3 is 9.47 Å². The summed E-state index contributed by atoms with van der Waals surface area (Å²) in [6, 6.07) is 12.4. The van der Waals surface area contributed by atoms with Crippen LogP contribution in [0.3, 0.4) is 0 Å². The summed E-state index contributed by atoms with van der Waals surface area (Å²) in [6.07, 6.45) is 1.54. The Bertz CT molecular complexity index is 949. The molecule has 0 atom stereocenters. The van der Waals surface area contributed by atoms with Gasteiger partial charge in [0.2, 0.25) is 0 Å². The monoisotopic (exact) mass is 444 g/mol. The van der Waals surface area contributed by atoms with E-state index in [9.17, 15) is 9.59 Å². The number of hydrogen-bond acceptors (Lipinski definition) is 4. The summed E-state index contributed by atoms with van der Waals surface area (Å²) >= 11 is 3.49. The molecule has 1 N–H and O–H groups in total. The molecular weight excluding hydrogens is 424 g/mol. The van der Waals surface area contributed by atoms with Crippen LogP contribution < -0.4 is 19.9 Å². The van der Waals surface area contributed by atoms with E-state index in [0.29, 0.717) is 27.2 Å². The third-order valence-electron chi connectivity index (χ3n) is 3.90. The SMILES string of the molecule is COc1cc(/C=C2/C(=O)NN(c3ccccc3)C2=O)c(Br)cc1OC(C)(C)C. The molecule has 2 amide bonds. The smallest absolute Gasteiger partial charge is 0.282 e. The standard InChI is InChI=1S/C21H21BrN2O4/c1-21(2,3)28-18-12-16(22)13(11-17(18)27-4)10-15-19(25)23-24(20(15)26)14-8-6-5-7-9-14/h5-12H,1-4H3,(H,23,25)/b15-10-. The molecule has 1 fully saturated rings. The van der Waals surface area contributed by atoms with Gasteiger partial charge in [0.05, 0.1) is 12.8 Å². The summed E-state index contributed by atoms with van der Waals surface area (Å²) in [5.74, 6) is 0.194. The maximum Gasteiger partial charge on any atom is 0.282 e. The lowest BCUT2D eigenvalue weighted by Crippen LogP contribution is -2.35. The minimum Gasteiger partial charge on any atom is -0.493 e. The van der Waals surface area contributed by atoms with Gasteiger partial charge in [0, 0.05) is 4.47 Å². The van der Waals surface area contributed by atoms with Crippen molar-refractivity contribution in [3.63, 3.8) is 0 Å². The summed E-state index contributed by atoms with van der Waals surface area (Å²) in [7, 11) is 1.54. The molecule has 2 aromatic carbocycles. The van der Waals surface area contributed by atoms with Crippen molar-refractivity contribution in [3.8, 4) is 11.5 Å². The van der Waals surface area contributed by atoms with Crippen LogP contribution in [0, 0.1) is 0 Å². The second-order valence-corrected chi connectivity index (χ2v) is 8.07. The largest absolute Gasteiger partial charge is 0.493 e. The number of nitrogens with zero attached hydrogens (tertiary/aromatic N) is 1. The third-order valence-corrected chi connectivity index (χ3v) is 4.59. The molecule has 1 heterocycles. The summed E-state index contributed by atoms with van der Waals surface area (Å²) in [6.45, 7) is 5.82. The molecule has 0 radical (unpaired) electrons. The van der Waals surface area contributed by atoms with Gasteiger partial charge in [0.1, 0.15) is 11.2 Å². The van der Waals surface area contributed by atoms with E-state index in [1.54, 1.807) is 43.5 Å². The highest BCUT2D eigenvalue weighted by Gasteiger charge is 2.34. The van der Waals surface area contributed by atoms with Gasteiger partial charge >= 0.3 is 0 Å². The van der Waals surface area contributed by atoms with Crippen LogP contribution in [0.2, 0.25) is 0 Å². The number of carbonyl (C=O) groups is 2. The Kier molecular flexibility index (Phi) is 5.47. The second kappa shape index (κ2) is 7.67. The Morgan fingerprint density at radius 2 is 1.75 bits per heavy atom. The van der Waals surface area contributed by atoms with Crippen molar-refractivity contribution in [2.45, 2.75) is 26.4 Å². The highest BCUT2D eigenvalue weighted by Crippen LogP contribution is 2.37.